The van der Waals surface area contributed by atoms with E-state index in [4.69, 9.17) is 0 Å². The third-order valence-corrected chi connectivity index (χ3v) is 25.4. The number of carbonyl (C=O) groups is 1. The standard InChI is InChI=1S/C93H116N2O.C15H10N.Ir/c1-9-14-18-22-26-30-56-92(57-31-27-23-19-15-10-2)86-61-69(7)38-52-82(86)83-54-44-74(66-88(83)92)76-62-77(64-78(63-76)91(96)90-35-34-60-94-90)75-45-55-85-84-53-43-73(65-87(84)93(89(85)67-75,58-32-28-24-20-16-11-3)59-33-29-25-21-17-12-4)72-41-50-81(51-42-72)95(79-46-36-68(6)37-47-79)80-48-39-71(40-49-80)70(8)13-5;1-2-7-13(8-3-1)15-14-9-5-4-6-12(14)10-11-16-15;/h34-48,50-55,60-67,70,80H,9-33,49,56-59H2,1-8H3,(H,94,96);1-7,9-11H;/q;-1;/p-1. The van der Waals surface area contributed by atoms with Gasteiger partial charge in [-0.3, -0.25) is 4.79 Å². The average Bonchev–Trinajstić information content (AvgIpc) is 1.57. The van der Waals surface area contributed by atoms with Gasteiger partial charge in [0.25, 0.3) is 0 Å². The normalized spacial score (nSPS) is 14.3. The summed E-state index contributed by atoms with van der Waals surface area (Å²) in [6.45, 7) is 18.4. The maximum Gasteiger partial charge on any atom is 0.171 e. The zero-order chi connectivity index (χ0) is 77.7. The minimum atomic E-state index is -0.165. The van der Waals surface area contributed by atoms with Gasteiger partial charge in [-0.2, -0.15) is 6.20 Å². The summed E-state index contributed by atoms with van der Waals surface area (Å²) in [4.78, 5) is 26.6. The van der Waals surface area contributed by atoms with Crippen LogP contribution < -0.4 is 9.88 Å². The smallest absolute Gasteiger partial charge is 0.171 e. The SMILES string of the molecule is CCCCCCCCC1(CCCCCCCC)c2cc(C)ccc2-c2ccc(-c3cc(C(=O)c4ccc[n-]4)cc(-c4ccc5c(c4)C(CCCCCCCC)(CCCCCCCC)c4cc(-c6ccc(N(c7ccc(C)cc7)C7C=CC(C(C)CC)=CC7)cc6)ccc4-5)c3)cc21.[Ir].[c-]1ccccc1-c1nccc2ccccc12. The quantitative estimate of drug-likeness (QED) is 0.0219. The number of unbranched alkanes of at least 4 members (excludes halogenated alkanes) is 20. The van der Waals surface area contributed by atoms with Gasteiger partial charge in [-0.15, -0.1) is 35.9 Å². The third kappa shape index (κ3) is 19.8. The van der Waals surface area contributed by atoms with E-state index in [1.54, 1.807) is 11.8 Å². The van der Waals surface area contributed by atoms with Gasteiger partial charge in [-0.25, -0.2) is 0 Å². The largest absolute Gasteiger partial charge is 0.661 e. The first-order chi connectivity index (χ1) is 55.0. The molecule has 0 amide bonds. The Bertz CT molecular complexity index is 4880. The van der Waals surface area contributed by atoms with E-state index in [1.165, 1.54) is 267 Å². The Balaban J connectivity index is 0.000000612. The van der Waals surface area contributed by atoms with Crippen molar-refractivity contribution in [1.82, 2.24) is 9.97 Å². The molecule has 2 unspecified atom stereocenters. The minimum Gasteiger partial charge on any atom is -0.661 e. The van der Waals surface area contributed by atoms with Gasteiger partial charge in [-0.05, 0) is 225 Å². The molecule has 2 atom stereocenters. The number of nitrogens with zero attached hydrogens (tertiary/aromatic N) is 3. The van der Waals surface area contributed by atoms with Gasteiger partial charge in [0, 0.05) is 54.1 Å². The van der Waals surface area contributed by atoms with Crippen LogP contribution in [0.3, 0.4) is 0 Å². The number of hydrogen-bond acceptors (Lipinski definition) is 3. The van der Waals surface area contributed by atoms with Crippen molar-refractivity contribution in [3.05, 3.63) is 293 Å². The second-order valence-corrected chi connectivity index (χ2v) is 33.3. The molecule has 589 valence electrons. The van der Waals surface area contributed by atoms with Crippen molar-refractivity contribution >= 4 is 27.9 Å². The summed E-state index contributed by atoms with van der Waals surface area (Å²) in [6.07, 6.45) is 48.3. The molecule has 0 aliphatic heterocycles. The first-order valence-electron chi connectivity index (χ1n) is 44.0. The second-order valence-electron chi connectivity index (χ2n) is 33.3. The summed E-state index contributed by atoms with van der Waals surface area (Å²) in [6, 6.07) is 80.5. The molecule has 3 aliphatic rings. The number of aryl methyl sites for hydroxylation is 2. The predicted octanol–water partition coefficient (Wildman–Crippen LogP) is 31.2. The van der Waals surface area contributed by atoms with E-state index in [2.05, 4.69) is 246 Å². The molecular weight excluding hydrogens is 1550 g/mol. The molecule has 0 fully saturated rings. The number of carbonyl (C=O) groups excluding carboxylic acids is 1. The number of rotatable bonds is 39. The Morgan fingerprint density at radius 2 is 0.929 bits per heavy atom. The molecule has 9 aromatic carbocycles. The molecule has 0 bridgehead atoms. The Morgan fingerprint density at radius 1 is 0.469 bits per heavy atom. The Morgan fingerprint density at radius 3 is 1.41 bits per heavy atom. The Kier molecular flexibility index (Phi) is 30.4. The molecule has 5 heteroatoms. The molecule has 14 rings (SSSR count). The molecule has 113 heavy (non-hydrogen) atoms. The maximum atomic E-state index is 15.0. The summed E-state index contributed by atoms with van der Waals surface area (Å²) in [5, 5.41) is 2.39. The number of fused-ring (bicyclic) bond motifs is 7. The Hall–Kier alpha value is -8.73. The molecule has 0 spiro atoms. The summed E-state index contributed by atoms with van der Waals surface area (Å²) in [5.74, 6) is 0.540. The van der Waals surface area contributed by atoms with E-state index in [-0.39, 0.29) is 42.8 Å². The predicted molar refractivity (Wildman–Crippen MR) is 480 cm³/mol. The Labute approximate surface area is 693 Å². The molecule has 0 saturated carbocycles. The van der Waals surface area contributed by atoms with Crippen molar-refractivity contribution in [3.63, 3.8) is 0 Å². The van der Waals surface area contributed by atoms with Crippen molar-refractivity contribution in [1.29, 1.82) is 0 Å². The summed E-state index contributed by atoms with van der Waals surface area (Å²) in [5.41, 5.74) is 28.2. The summed E-state index contributed by atoms with van der Waals surface area (Å²) >= 11 is 0. The van der Waals surface area contributed by atoms with Crippen molar-refractivity contribution in [2.45, 2.75) is 265 Å². The van der Waals surface area contributed by atoms with Crippen LogP contribution in [0.5, 0.6) is 0 Å². The van der Waals surface area contributed by atoms with Crippen molar-refractivity contribution < 1.29 is 24.9 Å². The van der Waals surface area contributed by atoms with E-state index in [0.29, 0.717) is 17.2 Å². The van der Waals surface area contributed by atoms with Crippen LogP contribution in [0.1, 0.15) is 284 Å². The molecule has 2 heterocycles. The van der Waals surface area contributed by atoms with Crippen LogP contribution in [-0.2, 0) is 30.9 Å². The first kappa shape index (κ1) is 83.7. The number of aromatic nitrogens is 2. The molecule has 4 nitrogen and oxygen atoms in total. The summed E-state index contributed by atoms with van der Waals surface area (Å²) < 4.78 is 0. The van der Waals surface area contributed by atoms with Crippen LogP contribution in [0.4, 0.5) is 11.4 Å². The summed E-state index contributed by atoms with van der Waals surface area (Å²) in [7, 11) is 0. The van der Waals surface area contributed by atoms with Crippen molar-refractivity contribution in [3.8, 4) is 66.9 Å². The topological polar surface area (TPSA) is 47.3 Å². The van der Waals surface area contributed by atoms with Gasteiger partial charge >= 0.3 is 0 Å². The molecule has 0 N–H and O–H groups in total. The van der Waals surface area contributed by atoms with Gasteiger partial charge in [0.15, 0.2) is 5.78 Å². The fourth-order valence-electron chi connectivity index (χ4n) is 18.8. The van der Waals surface area contributed by atoms with Crippen LogP contribution in [0.2, 0.25) is 0 Å². The van der Waals surface area contributed by atoms with Gasteiger partial charge in [-0.1, -0.05) is 346 Å². The molecule has 2 aromatic heterocycles. The van der Waals surface area contributed by atoms with Crippen LogP contribution >= 0.6 is 0 Å². The van der Waals surface area contributed by atoms with Crippen LogP contribution in [0.15, 0.2) is 242 Å². The maximum absolute atomic E-state index is 15.0. The number of hydrogen-bond donors (Lipinski definition) is 0. The monoisotopic (exact) mass is 1670 g/mol. The van der Waals surface area contributed by atoms with E-state index in [9.17, 15) is 4.79 Å². The van der Waals surface area contributed by atoms with E-state index < -0.39 is 0 Å². The van der Waals surface area contributed by atoms with Gasteiger partial charge in [0.05, 0.1) is 6.04 Å². The average molecular weight is 1670 g/mol. The van der Waals surface area contributed by atoms with Crippen molar-refractivity contribution in [2.24, 2.45) is 5.92 Å². The van der Waals surface area contributed by atoms with E-state index in [0.717, 1.165) is 48.1 Å². The molecule has 0 saturated heterocycles. The first-order valence-corrected chi connectivity index (χ1v) is 44.0. The second kappa shape index (κ2) is 41.0. The van der Waals surface area contributed by atoms with Gasteiger partial charge in [0.2, 0.25) is 0 Å². The molecule has 1 radical (unpaired) electrons. The number of ketones is 1. The zero-order valence-corrected chi connectivity index (χ0v) is 71.9. The fraction of sp³-hybridized carbons (Fsp3) is 0.389. The number of allylic oxidation sites excluding steroid dienone is 2. The van der Waals surface area contributed by atoms with E-state index in [1.807, 2.05) is 60.8 Å². The number of pyridine rings is 1. The van der Waals surface area contributed by atoms with Crippen LogP contribution in [0.25, 0.3) is 77.7 Å². The number of benzene rings is 9. The minimum absolute atomic E-state index is 0. The molecule has 3 aliphatic carbocycles. The third-order valence-electron chi connectivity index (χ3n) is 25.4. The van der Waals surface area contributed by atoms with E-state index >= 15 is 0 Å². The number of anilines is 2. The fourth-order valence-corrected chi connectivity index (χ4v) is 18.8. The van der Waals surface area contributed by atoms with Crippen LogP contribution in [0, 0.1) is 25.8 Å². The van der Waals surface area contributed by atoms with Crippen LogP contribution in [-0.4, -0.2) is 16.8 Å². The molecule has 11 aromatic rings. The van der Waals surface area contributed by atoms with Gasteiger partial charge in [0.1, 0.15) is 0 Å². The van der Waals surface area contributed by atoms with Gasteiger partial charge < -0.3 is 14.9 Å². The van der Waals surface area contributed by atoms with Crippen molar-refractivity contribution in [2.75, 3.05) is 4.90 Å². The molecular formula is C108H125IrN3O-2. The zero-order valence-electron chi connectivity index (χ0n) is 69.5.